The SMILES string of the molecule is O=C(NC1CCC(Nc2ccnc3cc(Cl)ccc23)CC1)c1cc(F)cc(/C=C/c2ccccc2)c1. The number of halogens is 2. The summed E-state index contributed by atoms with van der Waals surface area (Å²) in [6.07, 6.45) is 9.08. The van der Waals surface area contributed by atoms with Gasteiger partial charge < -0.3 is 10.6 Å². The highest BCUT2D eigenvalue weighted by molar-refractivity contribution is 6.31. The second-order valence-electron chi connectivity index (χ2n) is 9.20. The third kappa shape index (κ3) is 5.92. The van der Waals surface area contributed by atoms with Gasteiger partial charge >= 0.3 is 0 Å². The molecule has 4 nitrogen and oxygen atoms in total. The average molecular weight is 500 g/mol. The largest absolute Gasteiger partial charge is 0.382 e. The summed E-state index contributed by atoms with van der Waals surface area (Å²) in [6.45, 7) is 0. The van der Waals surface area contributed by atoms with Crippen LogP contribution in [0.3, 0.4) is 0 Å². The van der Waals surface area contributed by atoms with E-state index in [9.17, 15) is 9.18 Å². The van der Waals surface area contributed by atoms with E-state index in [4.69, 9.17) is 11.6 Å². The summed E-state index contributed by atoms with van der Waals surface area (Å²) in [5.74, 6) is -0.661. The number of rotatable bonds is 6. The molecule has 1 amide bonds. The van der Waals surface area contributed by atoms with Crippen LogP contribution in [0.1, 0.15) is 47.2 Å². The molecule has 0 aliphatic heterocycles. The molecule has 0 unspecified atom stereocenters. The Morgan fingerprint density at radius 1 is 0.889 bits per heavy atom. The number of carbonyl (C=O) groups excluding carboxylic acids is 1. The van der Waals surface area contributed by atoms with E-state index in [1.807, 2.05) is 66.7 Å². The van der Waals surface area contributed by atoms with Crippen molar-refractivity contribution in [3.8, 4) is 0 Å². The van der Waals surface area contributed by atoms with Gasteiger partial charge in [0.2, 0.25) is 0 Å². The number of nitrogens with zero attached hydrogens (tertiary/aromatic N) is 1. The number of nitrogens with one attached hydrogen (secondary N) is 2. The van der Waals surface area contributed by atoms with Crippen molar-refractivity contribution in [3.63, 3.8) is 0 Å². The van der Waals surface area contributed by atoms with Gasteiger partial charge in [0.05, 0.1) is 5.52 Å². The number of amides is 1. The van der Waals surface area contributed by atoms with Crippen LogP contribution in [-0.4, -0.2) is 23.0 Å². The van der Waals surface area contributed by atoms with Crippen molar-refractivity contribution < 1.29 is 9.18 Å². The highest BCUT2D eigenvalue weighted by Gasteiger charge is 2.23. The van der Waals surface area contributed by atoms with Gasteiger partial charge in [0, 0.05) is 39.9 Å². The summed E-state index contributed by atoms with van der Waals surface area (Å²) in [5.41, 5.74) is 3.91. The summed E-state index contributed by atoms with van der Waals surface area (Å²) in [4.78, 5) is 17.3. The van der Waals surface area contributed by atoms with Crippen LogP contribution in [0, 0.1) is 5.82 Å². The van der Waals surface area contributed by atoms with Crippen LogP contribution < -0.4 is 10.6 Å². The first-order valence-electron chi connectivity index (χ1n) is 12.2. The predicted molar refractivity (Wildman–Crippen MR) is 146 cm³/mol. The fourth-order valence-corrected chi connectivity index (χ4v) is 4.88. The lowest BCUT2D eigenvalue weighted by Gasteiger charge is -2.30. The van der Waals surface area contributed by atoms with Crippen LogP contribution in [0.2, 0.25) is 5.02 Å². The van der Waals surface area contributed by atoms with Crippen LogP contribution in [0.15, 0.2) is 79.0 Å². The summed E-state index contributed by atoms with van der Waals surface area (Å²) < 4.78 is 14.2. The second kappa shape index (κ2) is 10.9. The van der Waals surface area contributed by atoms with E-state index in [-0.39, 0.29) is 11.9 Å². The Balaban J connectivity index is 1.18. The Morgan fingerprint density at radius 2 is 1.64 bits per heavy atom. The topological polar surface area (TPSA) is 54.0 Å². The lowest BCUT2D eigenvalue weighted by Crippen LogP contribution is -2.40. The minimum absolute atomic E-state index is 0.0649. The molecule has 1 fully saturated rings. The lowest BCUT2D eigenvalue weighted by molar-refractivity contribution is 0.0926. The molecule has 182 valence electrons. The molecular formula is C30H27ClFN3O. The van der Waals surface area contributed by atoms with Crippen LogP contribution in [-0.2, 0) is 0 Å². The normalized spacial score (nSPS) is 17.8. The second-order valence-corrected chi connectivity index (χ2v) is 9.64. The van der Waals surface area contributed by atoms with Crippen molar-refractivity contribution in [2.45, 2.75) is 37.8 Å². The van der Waals surface area contributed by atoms with E-state index >= 15 is 0 Å². The number of hydrogen-bond acceptors (Lipinski definition) is 3. The standard InChI is InChI=1S/C30H27ClFN3O/c31-23-8-13-27-28(14-15-33-29(27)19-23)34-25-9-11-26(12-10-25)35-30(36)22-16-21(17-24(32)18-22)7-6-20-4-2-1-3-5-20/h1-8,13-19,25-26H,9-12H2,(H,33,34)(H,35,36)/b7-6+. The third-order valence-electron chi connectivity index (χ3n) is 6.58. The molecule has 0 bridgehead atoms. The summed E-state index contributed by atoms with van der Waals surface area (Å²) in [6, 6.07) is 22.3. The Bertz CT molecular complexity index is 1400. The van der Waals surface area contributed by atoms with Gasteiger partial charge in [-0.1, -0.05) is 54.1 Å². The van der Waals surface area contributed by atoms with Crippen molar-refractivity contribution in [1.82, 2.24) is 10.3 Å². The third-order valence-corrected chi connectivity index (χ3v) is 6.81. The van der Waals surface area contributed by atoms with E-state index in [2.05, 4.69) is 15.6 Å². The maximum atomic E-state index is 14.2. The monoisotopic (exact) mass is 499 g/mol. The molecule has 1 heterocycles. The van der Waals surface area contributed by atoms with E-state index in [1.165, 1.54) is 12.1 Å². The van der Waals surface area contributed by atoms with Crippen molar-refractivity contribution in [2.75, 3.05) is 5.32 Å². The number of carbonyl (C=O) groups is 1. The molecule has 0 atom stereocenters. The number of benzene rings is 3. The van der Waals surface area contributed by atoms with Crippen LogP contribution in [0.4, 0.5) is 10.1 Å². The number of hydrogen-bond donors (Lipinski definition) is 2. The Kier molecular flexibility index (Phi) is 7.28. The number of anilines is 1. The molecule has 2 N–H and O–H groups in total. The first-order chi connectivity index (χ1) is 17.5. The van der Waals surface area contributed by atoms with Gasteiger partial charge in [0.25, 0.3) is 5.91 Å². The quantitative estimate of drug-likeness (QED) is 0.273. The predicted octanol–water partition coefficient (Wildman–Crippen LogP) is 7.35. The van der Waals surface area contributed by atoms with Gasteiger partial charge in [0.15, 0.2) is 0 Å². The van der Waals surface area contributed by atoms with Crippen LogP contribution >= 0.6 is 11.6 Å². The van der Waals surface area contributed by atoms with Gasteiger partial charge in [-0.05, 0) is 79.3 Å². The number of aromatic nitrogens is 1. The molecule has 5 rings (SSSR count). The fourth-order valence-electron chi connectivity index (χ4n) is 4.71. The highest BCUT2D eigenvalue weighted by atomic mass is 35.5. The van der Waals surface area contributed by atoms with E-state index in [0.29, 0.717) is 22.2 Å². The van der Waals surface area contributed by atoms with E-state index < -0.39 is 5.82 Å². The molecule has 6 heteroatoms. The Hall–Kier alpha value is -3.70. The van der Waals surface area contributed by atoms with Crippen molar-refractivity contribution in [3.05, 3.63) is 107 Å². The molecule has 1 aromatic heterocycles. The van der Waals surface area contributed by atoms with Gasteiger partial charge in [-0.3, -0.25) is 9.78 Å². The maximum absolute atomic E-state index is 14.2. The molecular weight excluding hydrogens is 473 g/mol. The first kappa shape index (κ1) is 24.0. The minimum Gasteiger partial charge on any atom is -0.382 e. The maximum Gasteiger partial charge on any atom is 0.251 e. The highest BCUT2D eigenvalue weighted by Crippen LogP contribution is 2.28. The van der Waals surface area contributed by atoms with Crippen LogP contribution in [0.25, 0.3) is 23.1 Å². The molecule has 36 heavy (non-hydrogen) atoms. The molecule has 0 saturated heterocycles. The summed E-state index contributed by atoms with van der Waals surface area (Å²) in [7, 11) is 0. The minimum atomic E-state index is -0.422. The molecule has 1 aliphatic rings. The number of pyridine rings is 1. The van der Waals surface area contributed by atoms with Crippen molar-refractivity contribution in [2.24, 2.45) is 0 Å². The number of fused-ring (bicyclic) bond motifs is 1. The molecule has 0 spiro atoms. The van der Waals surface area contributed by atoms with Gasteiger partial charge in [-0.25, -0.2) is 4.39 Å². The summed E-state index contributed by atoms with van der Waals surface area (Å²) in [5, 5.41) is 8.45. The van der Waals surface area contributed by atoms with Gasteiger partial charge in [0.1, 0.15) is 5.82 Å². The molecule has 4 aromatic rings. The zero-order valence-corrected chi connectivity index (χ0v) is 20.5. The Morgan fingerprint density at radius 3 is 2.44 bits per heavy atom. The van der Waals surface area contributed by atoms with Crippen molar-refractivity contribution in [1.29, 1.82) is 0 Å². The molecule has 1 aliphatic carbocycles. The summed E-state index contributed by atoms with van der Waals surface area (Å²) >= 11 is 6.10. The van der Waals surface area contributed by atoms with Crippen molar-refractivity contribution >= 4 is 46.3 Å². The molecule has 3 aromatic carbocycles. The van der Waals surface area contributed by atoms with E-state index in [1.54, 1.807) is 12.3 Å². The average Bonchev–Trinajstić information content (AvgIpc) is 2.89. The van der Waals surface area contributed by atoms with E-state index in [0.717, 1.165) is 47.8 Å². The zero-order valence-electron chi connectivity index (χ0n) is 19.8. The fraction of sp³-hybridized carbons (Fsp3) is 0.200. The van der Waals surface area contributed by atoms with Gasteiger partial charge in [-0.2, -0.15) is 0 Å². The van der Waals surface area contributed by atoms with Gasteiger partial charge in [-0.15, -0.1) is 0 Å². The smallest absolute Gasteiger partial charge is 0.251 e. The first-order valence-corrected chi connectivity index (χ1v) is 12.6. The van der Waals surface area contributed by atoms with Crippen LogP contribution in [0.5, 0.6) is 0 Å². The Labute approximate surface area is 215 Å². The molecule has 0 radical (unpaired) electrons. The zero-order chi connectivity index (χ0) is 24.9. The lowest BCUT2D eigenvalue weighted by atomic mass is 9.90. The molecule has 1 saturated carbocycles.